The molecule has 6 nitrogen and oxygen atoms in total. The monoisotopic (exact) mass is 446 g/mol. The lowest BCUT2D eigenvalue weighted by Gasteiger charge is -2.29. The van der Waals surface area contributed by atoms with Crippen LogP contribution in [0.3, 0.4) is 0 Å². The first-order valence-electron chi connectivity index (χ1n) is 9.25. The molecule has 2 aromatic rings. The first-order valence-corrected chi connectivity index (χ1v) is 9.25. The van der Waals surface area contributed by atoms with Gasteiger partial charge in [-0.1, -0.05) is 17.3 Å². The number of nitrogens with one attached hydrogen (secondary N) is 1. The Balaban J connectivity index is 1.64. The summed E-state index contributed by atoms with van der Waals surface area (Å²) in [6, 6.07) is 5.71. The van der Waals surface area contributed by atoms with Gasteiger partial charge in [-0.05, 0) is 30.5 Å². The summed E-state index contributed by atoms with van der Waals surface area (Å²) in [7, 11) is 1.09. The fourth-order valence-electron chi connectivity index (χ4n) is 3.34. The molecule has 1 N–H and O–H groups in total. The number of benzene rings is 1. The maximum absolute atomic E-state index is 14.0. The Bertz CT molecular complexity index is 1040. The van der Waals surface area contributed by atoms with Crippen molar-refractivity contribution in [2.75, 3.05) is 0 Å². The van der Waals surface area contributed by atoms with Crippen molar-refractivity contribution >= 4 is 11.6 Å². The summed E-state index contributed by atoms with van der Waals surface area (Å²) in [6.45, 7) is 0. The number of rotatable bonds is 4. The van der Waals surface area contributed by atoms with E-state index in [1.54, 1.807) is 0 Å². The second-order valence-electron chi connectivity index (χ2n) is 7.52. The highest BCUT2D eigenvalue weighted by Crippen LogP contribution is 2.51. The molecule has 0 spiro atoms. The van der Waals surface area contributed by atoms with Crippen LogP contribution in [-0.2, 0) is 23.7 Å². The van der Waals surface area contributed by atoms with Crippen LogP contribution in [0.15, 0.2) is 35.6 Å². The molecule has 1 aliphatic heterocycles. The van der Waals surface area contributed by atoms with Crippen molar-refractivity contribution in [2.45, 2.75) is 43.3 Å². The smallest absolute Gasteiger partial charge is 0.374 e. The summed E-state index contributed by atoms with van der Waals surface area (Å²) in [6.07, 6.45) is -8.86. The zero-order chi connectivity index (χ0) is 22.6. The first kappa shape index (κ1) is 21.2. The van der Waals surface area contributed by atoms with Crippen LogP contribution in [0.1, 0.15) is 46.4 Å². The normalized spacial score (nSPS) is 21.6. The fraction of sp³-hybridized carbons (Fsp3) is 0.421. The largest absolute Gasteiger partial charge is 0.435 e. The molecule has 1 amide bonds. The fourth-order valence-corrected chi connectivity index (χ4v) is 3.34. The lowest BCUT2D eigenvalue weighted by molar-refractivity contribution is -0.277. The van der Waals surface area contributed by atoms with Crippen LogP contribution in [-0.4, -0.2) is 33.6 Å². The molecule has 1 aromatic carbocycles. The Morgan fingerprint density at radius 2 is 1.81 bits per heavy atom. The Morgan fingerprint density at radius 1 is 1.16 bits per heavy atom. The van der Waals surface area contributed by atoms with E-state index in [-0.39, 0.29) is 23.2 Å². The standard InChI is InChI=1S/C19H16F6N4O2/c1-29-9-13(15(27-29)18(20,21)22)17(19(23,24)25)8-14(28-31-17)10-2-4-11(5-3-10)16(30)26-12-6-7-12/h2-5,9,12H,6-8H2,1H3,(H,26,30). The third-order valence-corrected chi connectivity index (χ3v) is 5.11. The van der Waals surface area contributed by atoms with E-state index in [0.29, 0.717) is 16.4 Å². The van der Waals surface area contributed by atoms with E-state index in [2.05, 4.69) is 20.4 Å². The molecule has 1 fully saturated rings. The first-order chi connectivity index (χ1) is 14.4. The molecule has 4 rings (SSSR count). The zero-order valence-electron chi connectivity index (χ0n) is 16.0. The van der Waals surface area contributed by atoms with Gasteiger partial charge in [-0.25, -0.2) is 0 Å². The summed E-state index contributed by atoms with van der Waals surface area (Å²) in [5.74, 6) is -0.312. The minimum atomic E-state index is -5.20. The van der Waals surface area contributed by atoms with Gasteiger partial charge in [0.25, 0.3) is 11.5 Å². The van der Waals surface area contributed by atoms with Crippen molar-refractivity contribution < 1.29 is 36.0 Å². The van der Waals surface area contributed by atoms with Gasteiger partial charge in [0, 0.05) is 24.8 Å². The number of carbonyl (C=O) groups excluding carboxylic acids is 1. The van der Waals surface area contributed by atoms with E-state index in [4.69, 9.17) is 0 Å². The van der Waals surface area contributed by atoms with Crippen molar-refractivity contribution in [1.82, 2.24) is 15.1 Å². The molecule has 0 radical (unpaired) electrons. The molecule has 0 bridgehead atoms. The predicted molar refractivity (Wildman–Crippen MR) is 95.1 cm³/mol. The summed E-state index contributed by atoms with van der Waals surface area (Å²) in [4.78, 5) is 16.7. The van der Waals surface area contributed by atoms with Gasteiger partial charge in [0.1, 0.15) is 0 Å². The zero-order valence-corrected chi connectivity index (χ0v) is 16.0. The molecular weight excluding hydrogens is 430 g/mol. The van der Waals surface area contributed by atoms with Crippen LogP contribution in [0.25, 0.3) is 0 Å². The number of hydrogen-bond acceptors (Lipinski definition) is 4. The van der Waals surface area contributed by atoms with E-state index in [9.17, 15) is 31.1 Å². The maximum Gasteiger partial charge on any atom is 0.435 e. The Hall–Kier alpha value is -3.05. The topological polar surface area (TPSA) is 68.5 Å². The van der Waals surface area contributed by atoms with Crippen LogP contribution >= 0.6 is 0 Å². The lowest BCUT2D eigenvalue weighted by atomic mass is 9.86. The molecule has 2 heterocycles. The van der Waals surface area contributed by atoms with Crippen molar-refractivity contribution in [3.8, 4) is 0 Å². The Morgan fingerprint density at radius 3 is 2.35 bits per heavy atom. The Kier molecular flexibility index (Phi) is 4.78. The number of aryl methyl sites for hydroxylation is 1. The molecule has 1 aliphatic carbocycles. The predicted octanol–water partition coefficient (Wildman–Crippen LogP) is 3.91. The molecule has 1 saturated carbocycles. The van der Waals surface area contributed by atoms with Gasteiger partial charge in [-0.2, -0.15) is 31.4 Å². The number of nitrogens with zero attached hydrogens (tertiary/aromatic N) is 3. The molecule has 0 saturated heterocycles. The number of hydrogen-bond donors (Lipinski definition) is 1. The molecule has 2 aliphatic rings. The van der Waals surface area contributed by atoms with Crippen molar-refractivity contribution in [2.24, 2.45) is 12.2 Å². The molecule has 1 unspecified atom stereocenters. The second kappa shape index (κ2) is 6.99. The maximum atomic E-state index is 14.0. The van der Waals surface area contributed by atoms with Gasteiger partial charge in [-0.15, -0.1) is 0 Å². The van der Waals surface area contributed by atoms with E-state index >= 15 is 0 Å². The van der Waals surface area contributed by atoms with Crippen LogP contribution < -0.4 is 5.32 Å². The molecule has 1 atom stereocenters. The van der Waals surface area contributed by atoms with Crippen molar-refractivity contribution in [1.29, 1.82) is 0 Å². The summed E-state index contributed by atoms with van der Waals surface area (Å²) in [5.41, 5.74) is -5.85. The molecule has 166 valence electrons. The van der Waals surface area contributed by atoms with Crippen molar-refractivity contribution in [3.05, 3.63) is 52.8 Å². The number of alkyl halides is 6. The molecular formula is C19H16F6N4O2. The van der Waals surface area contributed by atoms with Crippen LogP contribution in [0.2, 0.25) is 0 Å². The number of oxime groups is 1. The van der Waals surface area contributed by atoms with Gasteiger partial charge in [0.2, 0.25) is 0 Å². The molecule has 1 aromatic heterocycles. The van der Waals surface area contributed by atoms with Gasteiger partial charge in [0.05, 0.1) is 17.7 Å². The number of carbonyl (C=O) groups is 1. The van der Waals surface area contributed by atoms with Gasteiger partial charge in [-0.3, -0.25) is 9.48 Å². The van der Waals surface area contributed by atoms with Crippen LogP contribution in [0, 0.1) is 0 Å². The minimum Gasteiger partial charge on any atom is -0.374 e. The molecule has 31 heavy (non-hydrogen) atoms. The van der Waals surface area contributed by atoms with Crippen LogP contribution in [0.5, 0.6) is 0 Å². The summed E-state index contributed by atoms with van der Waals surface area (Å²) < 4.78 is 82.7. The highest BCUT2D eigenvalue weighted by Gasteiger charge is 2.65. The lowest BCUT2D eigenvalue weighted by Crippen LogP contribution is -2.43. The highest BCUT2D eigenvalue weighted by molar-refractivity contribution is 6.03. The summed E-state index contributed by atoms with van der Waals surface area (Å²) >= 11 is 0. The number of halogens is 6. The average molecular weight is 446 g/mol. The average Bonchev–Trinajstić information content (AvgIpc) is 3.21. The van der Waals surface area contributed by atoms with Gasteiger partial charge < -0.3 is 10.2 Å². The third kappa shape index (κ3) is 3.86. The van der Waals surface area contributed by atoms with E-state index in [0.717, 1.165) is 19.9 Å². The minimum absolute atomic E-state index is 0.134. The number of aromatic nitrogens is 2. The van der Waals surface area contributed by atoms with Crippen LogP contribution in [0.4, 0.5) is 26.3 Å². The van der Waals surface area contributed by atoms with Gasteiger partial charge in [0.15, 0.2) is 5.69 Å². The summed E-state index contributed by atoms with van der Waals surface area (Å²) in [5, 5.41) is 9.40. The molecule has 12 heteroatoms. The van der Waals surface area contributed by atoms with E-state index in [1.807, 2.05) is 0 Å². The van der Waals surface area contributed by atoms with E-state index in [1.165, 1.54) is 24.3 Å². The quantitative estimate of drug-likeness (QED) is 0.725. The Labute approximate surface area is 171 Å². The third-order valence-electron chi connectivity index (χ3n) is 5.11. The second-order valence-corrected chi connectivity index (χ2v) is 7.52. The van der Waals surface area contributed by atoms with E-state index < -0.39 is 35.6 Å². The highest BCUT2D eigenvalue weighted by atomic mass is 19.4. The van der Waals surface area contributed by atoms with Crippen molar-refractivity contribution in [3.63, 3.8) is 0 Å². The SMILES string of the molecule is Cn1cc(C2(C(F)(F)F)CC(c3ccc(C(=O)NC4CC4)cc3)=NO2)c(C(F)(F)F)n1. The number of amides is 1. The van der Waals surface area contributed by atoms with Gasteiger partial charge >= 0.3 is 12.4 Å².